The van der Waals surface area contributed by atoms with Crippen LogP contribution in [0, 0.1) is 5.92 Å². The summed E-state index contributed by atoms with van der Waals surface area (Å²) in [5.41, 5.74) is 0. The fourth-order valence-electron chi connectivity index (χ4n) is 3.07. The number of carboxylic acids is 1. The first-order valence-electron chi connectivity index (χ1n) is 7.97. The molecule has 0 unspecified atom stereocenters. The number of likely N-dealkylation sites (tertiary alicyclic amines) is 1. The molecular formula is C15H26N2O4. The Morgan fingerprint density at radius 1 is 1.29 bits per heavy atom. The van der Waals surface area contributed by atoms with Crippen LogP contribution in [0.1, 0.15) is 45.4 Å². The second-order valence-electron chi connectivity index (χ2n) is 6.06. The van der Waals surface area contributed by atoms with E-state index in [0.29, 0.717) is 12.0 Å². The number of carbonyl (C=O) groups excluding carboxylic acids is 1. The molecule has 21 heavy (non-hydrogen) atoms. The Labute approximate surface area is 125 Å². The first kappa shape index (κ1) is 16.1. The van der Waals surface area contributed by atoms with Gasteiger partial charge in [0.25, 0.3) is 0 Å². The second kappa shape index (κ2) is 7.64. The summed E-state index contributed by atoms with van der Waals surface area (Å²) < 4.78 is 5.48. The summed E-state index contributed by atoms with van der Waals surface area (Å²) in [6.45, 7) is 4.19. The summed E-state index contributed by atoms with van der Waals surface area (Å²) in [7, 11) is 0. The lowest BCUT2D eigenvalue weighted by Crippen LogP contribution is -2.53. The number of nitrogens with zero attached hydrogens (tertiary/aromatic N) is 1. The molecule has 120 valence electrons. The third-order valence-electron chi connectivity index (χ3n) is 4.49. The molecule has 2 aliphatic rings. The van der Waals surface area contributed by atoms with E-state index in [-0.39, 0.29) is 18.5 Å². The van der Waals surface area contributed by atoms with Gasteiger partial charge in [-0.05, 0) is 44.9 Å². The van der Waals surface area contributed by atoms with Crippen molar-refractivity contribution in [1.29, 1.82) is 0 Å². The van der Waals surface area contributed by atoms with Gasteiger partial charge in [0.1, 0.15) is 0 Å². The van der Waals surface area contributed by atoms with Crippen LogP contribution in [0.15, 0.2) is 0 Å². The van der Waals surface area contributed by atoms with Crippen LogP contribution in [-0.2, 0) is 9.53 Å². The van der Waals surface area contributed by atoms with Gasteiger partial charge in [-0.3, -0.25) is 4.79 Å². The Kier molecular flexibility index (Phi) is 5.85. The molecule has 0 atom stereocenters. The molecule has 2 N–H and O–H groups in total. The van der Waals surface area contributed by atoms with E-state index in [9.17, 15) is 9.59 Å². The number of rotatable bonds is 6. The van der Waals surface area contributed by atoms with Gasteiger partial charge in [-0.25, -0.2) is 4.79 Å². The minimum atomic E-state index is -0.732. The molecule has 1 aliphatic heterocycles. The monoisotopic (exact) mass is 298 g/mol. The second-order valence-corrected chi connectivity index (χ2v) is 6.06. The summed E-state index contributed by atoms with van der Waals surface area (Å²) in [5.74, 6) is -0.291. The average Bonchev–Trinajstić information content (AvgIpc) is 2.43. The Bertz CT molecular complexity index is 361. The lowest BCUT2D eigenvalue weighted by molar-refractivity contribution is -0.137. The van der Waals surface area contributed by atoms with Gasteiger partial charge in [-0.15, -0.1) is 0 Å². The average molecular weight is 298 g/mol. The number of amides is 2. The number of nitrogens with one attached hydrogen (secondary N) is 1. The number of hydrogen-bond donors (Lipinski definition) is 2. The molecular weight excluding hydrogens is 272 g/mol. The molecule has 2 amide bonds. The zero-order valence-corrected chi connectivity index (χ0v) is 12.7. The van der Waals surface area contributed by atoms with Gasteiger partial charge in [0, 0.05) is 32.2 Å². The molecule has 1 heterocycles. The zero-order valence-electron chi connectivity index (χ0n) is 12.7. The third-order valence-corrected chi connectivity index (χ3v) is 4.49. The molecule has 0 bridgehead atoms. The predicted molar refractivity (Wildman–Crippen MR) is 78.1 cm³/mol. The maximum absolute atomic E-state index is 12.1. The predicted octanol–water partition coefficient (Wildman–Crippen LogP) is 1.84. The number of carbonyl (C=O) groups is 2. The summed E-state index contributed by atoms with van der Waals surface area (Å²) in [6, 6.07) is 0.269. The highest BCUT2D eigenvalue weighted by atomic mass is 16.5. The number of urea groups is 1. The molecule has 0 radical (unpaired) electrons. The van der Waals surface area contributed by atoms with E-state index in [1.54, 1.807) is 0 Å². The van der Waals surface area contributed by atoms with Crippen LogP contribution in [0.4, 0.5) is 4.79 Å². The van der Waals surface area contributed by atoms with E-state index in [0.717, 1.165) is 51.8 Å². The van der Waals surface area contributed by atoms with Gasteiger partial charge in [0.2, 0.25) is 0 Å². The van der Waals surface area contributed by atoms with E-state index in [2.05, 4.69) is 5.32 Å². The van der Waals surface area contributed by atoms with Crippen LogP contribution < -0.4 is 5.32 Å². The van der Waals surface area contributed by atoms with Crippen LogP contribution in [0.2, 0.25) is 0 Å². The van der Waals surface area contributed by atoms with Crippen LogP contribution in [0.5, 0.6) is 0 Å². The van der Waals surface area contributed by atoms with E-state index in [1.165, 1.54) is 0 Å². The van der Waals surface area contributed by atoms with Crippen molar-refractivity contribution in [2.75, 3.05) is 19.7 Å². The molecule has 0 aromatic rings. The molecule has 0 aromatic carbocycles. The Hall–Kier alpha value is -1.30. The third kappa shape index (κ3) is 4.88. The van der Waals surface area contributed by atoms with Gasteiger partial charge in [-0.1, -0.05) is 0 Å². The van der Waals surface area contributed by atoms with Crippen LogP contribution in [-0.4, -0.2) is 53.8 Å². The highest BCUT2D eigenvalue weighted by Gasteiger charge is 2.32. The van der Waals surface area contributed by atoms with E-state index >= 15 is 0 Å². The van der Waals surface area contributed by atoms with Crippen molar-refractivity contribution in [3.63, 3.8) is 0 Å². The molecule has 0 aromatic heterocycles. The summed E-state index contributed by atoms with van der Waals surface area (Å²) in [6.07, 6.45) is 4.91. The Morgan fingerprint density at radius 3 is 2.52 bits per heavy atom. The molecule has 0 spiro atoms. The van der Waals surface area contributed by atoms with Crippen molar-refractivity contribution in [2.45, 2.75) is 57.6 Å². The molecule has 6 heteroatoms. The van der Waals surface area contributed by atoms with Crippen molar-refractivity contribution >= 4 is 12.0 Å². The number of piperidine rings is 1. The lowest BCUT2D eigenvalue weighted by atomic mass is 9.89. The van der Waals surface area contributed by atoms with E-state index in [1.807, 2.05) is 11.8 Å². The summed E-state index contributed by atoms with van der Waals surface area (Å²) in [4.78, 5) is 24.5. The molecule has 1 saturated heterocycles. The Balaban J connectivity index is 1.61. The number of aliphatic carboxylic acids is 1. The van der Waals surface area contributed by atoms with Crippen LogP contribution in [0.25, 0.3) is 0 Å². The summed E-state index contributed by atoms with van der Waals surface area (Å²) in [5, 5.41) is 11.7. The van der Waals surface area contributed by atoms with Gasteiger partial charge < -0.3 is 20.1 Å². The largest absolute Gasteiger partial charge is 0.481 e. The fourth-order valence-corrected chi connectivity index (χ4v) is 3.07. The topological polar surface area (TPSA) is 78.9 Å². The maximum Gasteiger partial charge on any atom is 0.317 e. The van der Waals surface area contributed by atoms with Crippen molar-refractivity contribution in [3.05, 3.63) is 0 Å². The van der Waals surface area contributed by atoms with Gasteiger partial charge in [0.05, 0.1) is 6.10 Å². The normalized spacial score (nSPS) is 26.2. The minimum Gasteiger partial charge on any atom is -0.481 e. The van der Waals surface area contributed by atoms with E-state index in [4.69, 9.17) is 9.84 Å². The maximum atomic E-state index is 12.1. The lowest BCUT2D eigenvalue weighted by Gasteiger charge is -2.38. The number of ether oxygens (including phenoxy) is 1. The molecule has 6 nitrogen and oxygen atoms in total. The standard InChI is InChI=1S/C15H26N2O4/c1-2-21-13-9-12(10-13)16-15(20)17-7-5-11(6-8-17)3-4-14(18)19/h11-13H,2-10H2,1H3,(H,16,20)(H,18,19). The molecule has 1 aliphatic carbocycles. The smallest absolute Gasteiger partial charge is 0.317 e. The molecule has 2 fully saturated rings. The molecule has 2 rings (SSSR count). The summed E-state index contributed by atoms with van der Waals surface area (Å²) >= 11 is 0. The van der Waals surface area contributed by atoms with Gasteiger partial charge in [0.15, 0.2) is 0 Å². The highest BCUT2D eigenvalue weighted by Crippen LogP contribution is 2.25. The fraction of sp³-hybridized carbons (Fsp3) is 0.867. The van der Waals surface area contributed by atoms with Crippen molar-refractivity contribution in [2.24, 2.45) is 5.92 Å². The SMILES string of the molecule is CCOC1CC(NC(=O)N2CCC(CCC(=O)O)CC2)C1. The highest BCUT2D eigenvalue weighted by molar-refractivity contribution is 5.74. The first-order valence-corrected chi connectivity index (χ1v) is 7.97. The first-order chi connectivity index (χ1) is 10.1. The number of hydrogen-bond acceptors (Lipinski definition) is 3. The van der Waals surface area contributed by atoms with Crippen molar-refractivity contribution in [3.8, 4) is 0 Å². The Morgan fingerprint density at radius 2 is 1.95 bits per heavy atom. The zero-order chi connectivity index (χ0) is 15.2. The van der Waals surface area contributed by atoms with Crippen LogP contribution >= 0.6 is 0 Å². The van der Waals surface area contributed by atoms with Crippen molar-refractivity contribution in [1.82, 2.24) is 10.2 Å². The van der Waals surface area contributed by atoms with Crippen molar-refractivity contribution < 1.29 is 19.4 Å². The van der Waals surface area contributed by atoms with Crippen LogP contribution in [0.3, 0.4) is 0 Å². The van der Waals surface area contributed by atoms with Gasteiger partial charge in [-0.2, -0.15) is 0 Å². The number of carboxylic acid groups (broad SMARTS) is 1. The molecule has 1 saturated carbocycles. The minimum absolute atomic E-state index is 0.0200. The quantitative estimate of drug-likeness (QED) is 0.784. The van der Waals surface area contributed by atoms with E-state index < -0.39 is 5.97 Å². The van der Waals surface area contributed by atoms with Gasteiger partial charge >= 0.3 is 12.0 Å².